The van der Waals surface area contributed by atoms with Gasteiger partial charge in [-0.15, -0.1) is 11.3 Å². The van der Waals surface area contributed by atoms with Crippen LogP contribution in [0.4, 0.5) is 0 Å². The second-order valence-corrected chi connectivity index (χ2v) is 8.80. The number of thiazole rings is 1. The molecule has 1 aliphatic rings. The lowest BCUT2D eigenvalue weighted by Gasteiger charge is -2.29. The van der Waals surface area contributed by atoms with Gasteiger partial charge in [-0.2, -0.15) is 0 Å². The zero-order chi connectivity index (χ0) is 19.8. The average molecular weight is 422 g/mol. The van der Waals surface area contributed by atoms with Gasteiger partial charge in [0.1, 0.15) is 17.4 Å². The number of hydrogen-bond acceptors (Lipinski definition) is 5. The quantitative estimate of drug-likeness (QED) is 0.660. The first-order valence-electron chi connectivity index (χ1n) is 9.89. The van der Waals surface area contributed by atoms with E-state index in [0.717, 1.165) is 23.0 Å². The Hall–Kier alpha value is -1.63. The molecule has 0 saturated carbocycles. The van der Waals surface area contributed by atoms with Crippen LogP contribution in [0.25, 0.3) is 0 Å². The fourth-order valence-corrected chi connectivity index (χ4v) is 4.17. The number of amides is 1. The molecule has 0 radical (unpaired) electrons. The standard InChI is InChI=1S/C21H28ClN3O2S/c1-16(13-25-9-3-2-4-10-25)12-23-20(26)11-18-15-28-21(24-18)14-27-19-7-5-17(22)6-8-19/h5-8,15-16H,2-4,9-14H2,1H3,(H,23,26). The summed E-state index contributed by atoms with van der Waals surface area (Å²) in [6, 6.07) is 7.24. The number of nitrogens with one attached hydrogen (secondary N) is 1. The molecule has 1 amide bonds. The molecule has 2 aromatic rings. The Balaban J connectivity index is 1.36. The number of nitrogens with zero attached hydrogens (tertiary/aromatic N) is 2. The van der Waals surface area contributed by atoms with E-state index in [1.165, 1.54) is 43.7 Å². The molecule has 1 aromatic carbocycles. The van der Waals surface area contributed by atoms with Crippen molar-refractivity contribution in [2.45, 2.75) is 39.2 Å². The van der Waals surface area contributed by atoms with Gasteiger partial charge in [-0.3, -0.25) is 4.79 Å². The molecule has 28 heavy (non-hydrogen) atoms. The van der Waals surface area contributed by atoms with Gasteiger partial charge in [0.05, 0.1) is 12.1 Å². The van der Waals surface area contributed by atoms with Crippen molar-refractivity contribution >= 4 is 28.8 Å². The van der Waals surface area contributed by atoms with E-state index >= 15 is 0 Å². The van der Waals surface area contributed by atoms with Gasteiger partial charge in [0.2, 0.25) is 5.91 Å². The molecule has 5 nitrogen and oxygen atoms in total. The van der Waals surface area contributed by atoms with Crippen molar-refractivity contribution < 1.29 is 9.53 Å². The minimum absolute atomic E-state index is 0.0287. The SMILES string of the molecule is CC(CNC(=O)Cc1csc(COc2ccc(Cl)cc2)n1)CN1CCCCC1. The van der Waals surface area contributed by atoms with E-state index < -0.39 is 0 Å². The molecule has 1 unspecified atom stereocenters. The third-order valence-electron chi connectivity index (χ3n) is 4.78. The Morgan fingerprint density at radius 1 is 1.29 bits per heavy atom. The number of piperidine rings is 1. The zero-order valence-corrected chi connectivity index (χ0v) is 17.9. The van der Waals surface area contributed by atoms with Crippen LogP contribution in [0.5, 0.6) is 5.75 Å². The Morgan fingerprint density at radius 3 is 2.79 bits per heavy atom. The second-order valence-electron chi connectivity index (χ2n) is 7.42. The lowest BCUT2D eigenvalue weighted by Crippen LogP contribution is -2.38. The predicted octanol–water partition coefficient (Wildman–Crippen LogP) is 4.16. The Labute approximate surface area is 176 Å². The van der Waals surface area contributed by atoms with Crippen LogP contribution in [0.2, 0.25) is 5.02 Å². The topological polar surface area (TPSA) is 54.5 Å². The van der Waals surface area contributed by atoms with Crippen molar-refractivity contribution in [3.63, 3.8) is 0 Å². The third kappa shape index (κ3) is 7.08. The normalized spacial score (nSPS) is 15.9. The van der Waals surface area contributed by atoms with Gasteiger partial charge in [0.15, 0.2) is 0 Å². The summed E-state index contributed by atoms with van der Waals surface area (Å²) in [5, 5.41) is 6.51. The van der Waals surface area contributed by atoms with Crippen LogP contribution in [0, 0.1) is 5.92 Å². The van der Waals surface area contributed by atoms with Crippen molar-refractivity contribution in [3.05, 3.63) is 45.4 Å². The van der Waals surface area contributed by atoms with Crippen LogP contribution in [0.15, 0.2) is 29.6 Å². The number of likely N-dealkylation sites (tertiary alicyclic amines) is 1. The summed E-state index contributed by atoms with van der Waals surface area (Å²) < 4.78 is 5.70. The van der Waals surface area contributed by atoms with Gasteiger partial charge in [0.25, 0.3) is 0 Å². The Kier molecular flexibility index (Phi) is 8.13. The van der Waals surface area contributed by atoms with Crippen LogP contribution >= 0.6 is 22.9 Å². The molecule has 1 saturated heterocycles. The van der Waals surface area contributed by atoms with Crippen LogP contribution < -0.4 is 10.1 Å². The molecule has 0 spiro atoms. The molecule has 7 heteroatoms. The predicted molar refractivity (Wildman–Crippen MR) is 114 cm³/mol. The molecule has 0 bridgehead atoms. The van der Waals surface area contributed by atoms with Crippen molar-refractivity contribution in [1.82, 2.24) is 15.2 Å². The maximum atomic E-state index is 12.2. The van der Waals surface area contributed by atoms with Gasteiger partial charge in [-0.05, 0) is 56.1 Å². The largest absolute Gasteiger partial charge is 0.486 e. The maximum absolute atomic E-state index is 12.2. The van der Waals surface area contributed by atoms with Crippen LogP contribution in [0.3, 0.4) is 0 Å². The molecule has 152 valence electrons. The first-order valence-corrected chi connectivity index (χ1v) is 11.1. The molecule has 1 atom stereocenters. The van der Waals surface area contributed by atoms with Gasteiger partial charge >= 0.3 is 0 Å². The fraction of sp³-hybridized carbons (Fsp3) is 0.524. The van der Waals surface area contributed by atoms with E-state index in [0.29, 0.717) is 30.5 Å². The number of hydrogen-bond donors (Lipinski definition) is 1. The van der Waals surface area contributed by atoms with Gasteiger partial charge in [-0.25, -0.2) is 4.98 Å². The summed E-state index contributed by atoms with van der Waals surface area (Å²) in [7, 11) is 0. The van der Waals surface area contributed by atoms with Crippen molar-refractivity contribution in [1.29, 1.82) is 0 Å². The van der Waals surface area contributed by atoms with Crippen molar-refractivity contribution in [3.8, 4) is 5.75 Å². The number of carbonyl (C=O) groups is 1. The number of halogens is 1. The smallest absolute Gasteiger partial charge is 0.226 e. The second kappa shape index (κ2) is 10.8. The summed E-state index contributed by atoms with van der Waals surface area (Å²) in [5.74, 6) is 1.24. The van der Waals surface area contributed by atoms with Crippen LogP contribution in [-0.4, -0.2) is 42.0 Å². The summed E-state index contributed by atoms with van der Waals surface area (Å²) in [6.07, 6.45) is 4.26. The molecule has 3 rings (SSSR count). The van der Waals surface area contributed by atoms with Gasteiger partial charge < -0.3 is 15.0 Å². The van der Waals surface area contributed by atoms with E-state index in [1.807, 2.05) is 17.5 Å². The highest BCUT2D eigenvalue weighted by Crippen LogP contribution is 2.18. The number of carbonyl (C=O) groups excluding carboxylic acids is 1. The first kappa shape index (κ1) is 21.1. The van der Waals surface area contributed by atoms with Gasteiger partial charge in [0, 0.05) is 23.5 Å². The van der Waals surface area contributed by atoms with Crippen LogP contribution in [0.1, 0.15) is 36.9 Å². The summed E-state index contributed by atoms with van der Waals surface area (Å²) >= 11 is 7.38. The molecule has 1 N–H and O–H groups in total. The van der Waals surface area contributed by atoms with Crippen LogP contribution in [-0.2, 0) is 17.8 Å². The van der Waals surface area contributed by atoms with E-state index in [1.54, 1.807) is 12.1 Å². The van der Waals surface area contributed by atoms with E-state index in [9.17, 15) is 4.79 Å². The Bertz CT molecular complexity index is 744. The highest BCUT2D eigenvalue weighted by molar-refractivity contribution is 7.09. The molecule has 2 heterocycles. The highest BCUT2D eigenvalue weighted by Gasteiger charge is 2.14. The Morgan fingerprint density at radius 2 is 2.04 bits per heavy atom. The molecular formula is C21H28ClN3O2S. The lowest BCUT2D eigenvalue weighted by atomic mass is 10.1. The number of ether oxygens (including phenoxy) is 1. The molecule has 1 fully saturated rings. The number of aromatic nitrogens is 1. The molecule has 0 aliphatic carbocycles. The van der Waals surface area contributed by atoms with Crippen molar-refractivity contribution in [2.24, 2.45) is 5.92 Å². The van der Waals surface area contributed by atoms with Crippen molar-refractivity contribution in [2.75, 3.05) is 26.2 Å². The number of benzene rings is 1. The number of rotatable bonds is 9. The average Bonchev–Trinajstić information content (AvgIpc) is 3.14. The first-order chi connectivity index (χ1) is 13.6. The van der Waals surface area contributed by atoms with Gasteiger partial charge in [-0.1, -0.05) is 24.9 Å². The highest BCUT2D eigenvalue weighted by atomic mass is 35.5. The summed E-state index contributed by atoms with van der Waals surface area (Å²) in [4.78, 5) is 19.2. The molecule has 1 aliphatic heterocycles. The lowest BCUT2D eigenvalue weighted by molar-refractivity contribution is -0.120. The summed E-state index contributed by atoms with van der Waals surface area (Å²) in [5.41, 5.74) is 0.792. The minimum atomic E-state index is 0.0287. The van der Waals surface area contributed by atoms with E-state index in [-0.39, 0.29) is 5.91 Å². The molecular weight excluding hydrogens is 394 g/mol. The zero-order valence-electron chi connectivity index (χ0n) is 16.3. The summed E-state index contributed by atoms with van der Waals surface area (Å²) in [6.45, 7) is 6.75. The minimum Gasteiger partial charge on any atom is -0.486 e. The maximum Gasteiger partial charge on any atom is 0.226 e. The third-order valence-corrected chi connectivity index (χ3v) is 5.91. The molecule has 1 aromatic heterocycles. The monoisotopic (exact) mass is 421 g/mol. The van der Waals surface area contributed by atoms with E-state index in [4.69, 9.17) is 16.3 Å². The fourth-order valence-electron chi connectivity index (χ4n) is 3.33. The van der Waals surface area contributed by atoms with E-state index in [2.05, 4.69) is 22.1 Å².